The summed E-state index contributed by atoms with van der Waals surface area (Å²) in [5, 5.41) is 11.0. The number of amides is 1. The van der Waals surface area contributed by atoms with Crippen LogP contribution in [0.25, 0.3) is 0 Å². The van der Waals surface area contributed by atoms with E-state index in [1.165, 1.54) is 12.8 Å². The van der Waals surface area contributed by atoms with Gasteiger partial charge in [-0.25, -0.2) is 0 Å². The summed E-state index contributed by atoms with van der Waals surface area (Å²) in [7, 11) is 0. The van der Waals surface area contributed by atoms with Crippen LogP contribution in [0.15, 0.2) is 0 Å². The normalized spacial score (nSPS) is 15.4. The smallest absolute Gasteiger partial charge is 0.303 e. The molecule has 74 valence electrons. The summed E-state index contributed by atoms with van der Waals surface area (Å²) in [5.74, 6) is -0.264. The van der Waals surface area contributed by atoms with Gasteiger partial charge in [-0.2, -0.15) is 0 Å². The number of hydrogen-bond donors (Lipinski definition) is 2. The van der Waals surface area contributed by atoms with Crippen molar-refractivity contribution in [3.05, 3.63) is 0 Å². The van der Waals surface area contributed by atoms with E-state index in [-0.39, 0.29) is 18.7 Å². The Morgan fingerprint density at radius 2 is 2.00 bits per heavy atom. The molecule has 0 spiro atoms. The van der Waals surface area contributed by atoms with Gasteiger partial charge in [0.25, 0.3) is 0 Å². The largest absolute Gasteiger partial charge is 0.481 e. The first-order valence-corrected chi connectivity index (χ1v) is 4.67. The van der Waals surface area contributed by atoms with Crippen molar-refractivity contribution in [3.63, 3.8) is 0 Å². The van der Waals surface area contributed by atoms with Gasteiger partial charge in [-0.1, -0.05) is 12.8 Å². The highest BCUT2D eigenvalue weighted by molar-refractivity contribution is 5.80. The van der Waals surface area contributed by atoms with Crippen LogP contribution in [0, 0.1) is 5.92 Å². The van der Waals surface area contributed by atoms with Gasteiger partial charge in [-0.05, 0) is 12.3 Å². The zero-order valence-electron chi connectivity index (χ0n) is 7.58. The second kappa shape index (κ2) is 4.84. The highest BCUT2D eigenvalue weighted by Crippen LogP contribution is 2.31. The molecule has 0 bridgehead atoms. The van der Waals surface area contributed by atoms with Crippen molar-refractivity contribution >= 4 is 11.9 Å². The standard InChI is InChI=1S/C9H15NO3/c11-8(3-4-9(12)13)10-6-5-7-1-2-7/h7H,1-6H2,(H,10,11)(H,12,13). The van der Waals surface area contributed by atoms with Crippen LogP contribution in [0.4, 0.5) is 0 Å². The van der Waals surface area contributed by atoms with Crippen molar-refractivity contribution in [2.45, 2.75) is 32.1 Å². The molecule has 0 aromatic rings. The second-order valence-electron chi connectivity index (χ2n) is 3.48. The average Bonchev–Trinajstić information content (AvgIpc) is 2.84. The summed E-state index contributed by atoms with van der Waals surface area (Å²) in [5.41, 5.74) is 0. The minimum Gasteiger partial charge on any atom is -0.481 e. The third kappa shape index (κ3) is 5.22. The predicted octanol–water partition coefficient (Wildman–Crippen LogP) is 0.767. The molecular weight excluding hydrogens is 170 g/mol. The Balaban J connectivity index is 1.93. The Labute approximate surface area is 77.3 Å². The maximum Gasteiger partial charge on any atom is 0.303 e. The van der Waals surface area contributed by atoms with Crippen molar-refractivity contribution in [2.75, 3.05) is 6.54 Å². The fourth-order valence-corrected chi connectivity index (χ4v) is 1.13. The second-order valence-corrected chi connectivity index (χ2v) is 3.48. The summed E-state index contributed by atoms with van der Waals surface area (Å²) >= 11 is 0. The van der Waals surface area contributed by atoms with E-state index < -0.39 is 5.97 Å². The summed E-state index contributed by atoms with van der Waals surface area (Å²) in [6.07, 6.45) is 3.63. The Hall–Kier alpha value is -1.06. The zero-order valence-corrected chi connectivity index (χ0v) is 7.58. The van der Waals surface area contributed by atoms with E-state index >= 15 is 0 Å². The molecule has 0 unspecified atom stereocenters. The van der Waals surface area contributed by atoms with Crippen LogP contribution < -0.4 is 5.32 Å². The van der Waals surface area contributed by atoms with Gasteiger partial charge < -0.3 is 10.4 Å². The van der Waals surface area contributed by atoms with Gasteiger partial charge in [0.15, 0.2) is 0 Å². The molecule has 2 N–H and O–H groups in total. The molecular formula is C9H15NO3. The lowest BCUT2D eigenvalue weighted by Gasteiger charge is -2.02. The van der Waals surface area contributed by atoms with Crippen molar-refractivity contribution in [1.29, 1.82) is 0 Å². The first kappa shape index (κ1) is 10.0. The fraction of sp³-hybridized carbons (Fsp3) is 0.778. The number of carbonyl (C=O) groups is 2. The molecule has 0 aliphatic heterocycles. The monoisotopic (exact) mass is 185 g/mol. The van der Waals surface area contributed by atoms with E-state index in [1.807, 2.05) is 0 Å². The third-order valence-electron chi connectivity index (χ3n) is 2.14. The summed E-state index contributed by atoms with van der Waals surface area (Å²) in [6.45, 7) is 0.698. The Morgan fingerprint density at radius 3 is 2.54 bits per heavy atom. The highest BCUT2D eigenvalue weighted by atomic mass is 16.4. The topological polar surface area (TPSA) is 66.4 Å². The van der Waals surface area contributed by atoms with Crippen LogP contribution in [0.2, 0.25) is 0 Å². The molecule has 13 heavy (non-hydrogen) atoms. The lowest BCUT2D eigenvalue weighted by molar-refractivity contribution is -0.138. The number of aliphatic carboxylic acids is 1. The average molecular weight is 185 g/mol. The lowest BCUT2D eigenvalue weighted by atomic mass is 10.2. The SMILES string of the molecule is O=C(O)CCC(=O)NCCC1CC1. The first-order chi connectivity index (χ1) is 6.18. The third-order valence-corrected chi connectivity index (χ3v) is 2.14. The van der Waals surface area contributed by atoms with Gasteiger partial charge in [-0.3, -0.25) is 9.59 Å². The number of rotatable bonds is 6. The van der Waals surface area contributed by atoms with E-state index in [2.05, 4.69) is 5.32 Å². The van der Waals surface area contributed by atoms with Crippen molar-refractivity contribution in [1.82, 2.24) is 5.32 Å². The first-order valence-electron chi connectivity index (χ1n) is 4.67. The molecule has 1 fully saturated rings. The molecule has 0 radical (unpaired) electrons. The van der Waals surface area contributed by atoms with E-state index in [4.69, 9.17) is 5.11 Å². The molecule has 0 heterocycles. The molecule has 0 atom stereocenters. The quantitative estimate of drug-likeness (QED) is 0.642. The number of nitrogens with one attached hydrogen (secondary N) is 1. The maximum atomic E-state index is 11.0. The van der Waals surface area contributed by atoms with E-state index in [0.29, 0.717) is 6.54 Å². The van der Waals surface area contributed by atoms with E-state index in [9.17, 15) is 9.59 Å². The van der Waals surface area contributed by atoms with Crippen LogP contribution in [0.3, 0.4) is 0 Å². The predicted molar refractivity (Wildman–Crippen MR) is 47.2 cm³/mol. The maximum absolute atomic E-state index is 11.0. The Kier molecular flexibility index (Phi) is 3.73. The van der Waals surface area contributed by atoms with Gasteiger partial charge in [0.2, 0.25) is 5.91 Å². The van der Waals surface area contributed by atoms with E-state index in [0.717, 1.165) is 12.3 Å². The van der Waals surface area contributed by atoms with Gasteiger partial charge in [-0.15, -0.1) is 0 Å². The van der Waals surface area contributed by atoms with Crippen LogP contribution in [-0.2, 0) is 9.59 Å². The van der Waals surface area contributed by atoms with Crippen LogP contribution >= 0.6 is 0 Å². The lowest BCUT2D eigenvalue weighted by Crippen LogP contribution is -2.25. The van der Waals surface area contributed by atoms with Crippen LogP contribution in [-0.4, -0.2) is 23.5 Å². The van der Waals surface area contributed by atoms with Crippen molar-refractivity contribution < 1.29 is 14.7 Å². The van der Waals surface area contributed by atoms with Crippen molar-refractivity contribution in [3.8, 4) is 0 Å². The molecule has 4 nitrogen and oxygen atoms in total. The molecule has 1 amide bonds. The summed E-state index contributed by atoms with van der Waals surface area (Å²) in [4.78, 5) is 21.1. The molecule has 1 saturated carbocycles. The van der Waals surface area contributed by atoms with Crippen LogP contribution in [0.5, 0.6) is 0 Å². The number of carboxylic acids is 1. The Morgan fingerprint density at radius 1 is 1.31 bits per heavy atom. The summed E-state index contributed by atoms with van der Waals surface area (Å²) < 4.78 is 0. The van der Waals surface area contributed by atoms with Gasteiger partial charge in [0.1, 0.15) is 0 Å². The molecule has 1 aliphatic carbocycles. The highest BCUT2D eigenvalue weighted by Gasteiger charge is 2.20. The van der Waals surface area contributed by atoms with Gasteiger partial charge in [0.05, 0.1) is 6.42 Å². The number of carbonyl (C=O) groups excluding carboxylic acids is 1. The molecule has 4 heteroatoms. The number of carboxylic acid groups (broad SMARTS) is 1. The Bertz CT molecular complexity index is 199. The summed E-state index contributed by atoms with van der Waals surface area (Å²) in [6, 6.07) is 0. The molecule has 0 saturated heterocycles. The molecule has 1 aliphatic rings. The van der Waals surface area contributed by atoms with Gasteiger partial charge >= 0.3 is 5.97 Å². The van der Waals surface area contributed by atoms with Crippen molar-refractivity contribution in [2.24, 2.45) is 5.92 Å². The van der Waals surface area contributed by atoms with Gasteiger partial charge in [0, 0.05) is 13.0 Å². The molecule has 0 aromatic carbocycles. The minimum absolute atomic E-state index is 0.0741. The number of hydrogen-bond acceptors (Lipinski definition) is 2. The molecule has 1 rings (SSSR count). The fourth-order valence-electron chi connectivity index (χ4n) is 1.13. The van der Waals surface area contributed by atoms with E-state index in [1.54, 1.807) is 0 Å². The molecule has 0 aromatic heterocycles. The minimum atomic E-state index is -0.919. The zero-order chi connectivity index (χ0) is 9.68. The van der Waals surface area contributed by atoms with Crippen LogP contribution in [0.1, 0.15) is 32.1 Å².